The van der Waals surface area contributed by atoms with Crippen molar-refractivity contribution < 1.29 is 0 Å². The Labute approximate surface area is 168 Å². The Hall–Kier alpha value is -3.09. The topological polar surface area (TPSA) is 39.1 Å². The number of benzene rings is 3. The summed E-state index contributed by atoms with van der Waals surface area (Å²) in [5.74, 6) is 0. The van der Waals surface area contributed by atoms with Crippen molar-refractivity contribution in [3.63, 3.8) is 0 Å². The van der Waals surface area contributed by atoms with Crippen molar-refractivity contribution in [2.45, 2.75) is 25.9 Å². The van der Waals surface area contributed by atoms with Gasteiger partial charge in [-0.3, -0.25) is 0 Å². The van der Waals surface area contributed by atoms with E-state index in [1.807, 2.05) is 7.05 Å². The number of rotatable bonds is 8. The summed E-state index contributed by atoms with van der Waals surface area (Å²) in [4.78, 5) is 2.11. The van der Waals surface area contributed by atoms with E-state index in [4.69, 9.17) is 5.26 Å². The van der Waals surface area contributed by atoms with Crippen molar-refractivity contribution in [2.24, 2.45) is 0 Å². The minimum atomic E-state index is 0.153. The summed E-state index contributed by atoms with van der Waals surface area (Å²) in [5.41, 5.74) is 6.18. The quantitative estimate of drug-likeness (QED) is 0.591. The molecular formula is C25H27N3. The van der Waals surface area contributed by atoms with Crippen LogP contribution < -0.4 is 10.2 Å². The van der Waals surface area contributed by atoms with E-state index in [2.05, 4.69) is 102 Å². The molecule has 3 heteroatoms. The molecule has 3 nitrogen and oxygen atoms in total. The maximum atomic E-state index is 8.75. The van der Waals surface area contributed by atoms with E-state index < -0.39 is 0 Å². The van der Waals surface area contributed by atoms with Gasteiger partial charge < -0.3 is 10.2 Å². The number of nitrogens with zero attached hydrogens (tertiary/aromatic N) is 2. The number of aryl methyl sites for hydroxylation is 1. The molecule has 0 aliphatic rings. The van der Waals surface area contributed by atoms with E-state index in [1.165, 1.54) is 22.3 Å². The van der Waals surface area contributed by atoms with Crippen molar-refractivity contribution in [1.29, 1.82) is 5.26 Å². The molecule has 0 aromatic heterocycles. The van der Waals surface area contributed by atoms with Gasteiger partial charge in [0.15, 0.2) is 0 Å². The van der Waals surface area contributed by atoms with Gasteiger partial charge in [0.05, 0.1) is 18.5 Å². The van der Waals surface area contributed by atoms with Gasteiger partial charge >= 0.3 is 0 Å². The lowest BCUT2D eigenvalue weighted by Crippen LogP contribution is -2.22. The molecule has 1 unspecified atom stereocenters. The average molecular weight is 370 g/mol. The fourth-order valence-electron chi connectivity index (χ4n) is 3.27. The van der Waals surface area contributed by atoms with Gasteiger partial charge in [0.1, 0.15) is 0 Å². The van der Waals surface area contributed by atoms with Gasteiger partial charge in [-0.15, -0.1) is 0 Å². The summed E-state index contributed by atoms with van der Waals surface area (Å²) in [7, 11) is 2.02. The summed E-state index contributed by atoms with van der Waals surface area (Å²) < 4.78 is 0. The molecule has 0 spiro atoms. The molecule has 142 valence electrons. The van der Waals surface area contributed by atoms with E-state index in [1.54, 1.807) is 0 Å². The Balaban J connectivity index is 1.72. The van der Waals surface area contributed by atoms with Crippen LogP contribution in [0.15, 0.2) is 78.9 Å². The first-order valence-corrected chi connectivity index (χ1v) is 9.69. The van der Waals surface area contributed by atoms with Gasteiger partial charge in [-0.2, -0.15) is 5.26 Å². The fraction of sp³-hybridized carbons (Fsp3) is 0.240. The van der Waals surface area contributed by atoms with Crippen molar-refractivity contribution in [3.05, 3.63) is 101 Å². The fourth-order valence-corrected chi connectivity index (χ4v) is 3.27. The molecule has 0 saturated heterocycles. The zero-order valence-corrected chi connectivity index (χ0v) is 16.6. The van der Waals surface area contributed by atoms with Crippen LogP contribution in [0.5, 0.6) is 0 Å². The van der Waals surface area contributed by atoms with E-state index in [-0.39, 0.29) is 6.04 Å². The highest BCUT2D eigenvalue weighted by atomic mass is 15.1. The molecular weight excluding hydrogens is 342 g/mol. The maximum absolute atomic E-state index is 8.75. The van der Waals surface area contributed by atoms with Crippen LogP contribution in [-0.4, -0.2) is 13.6 Å². The molecule has 3 aromatic rings. The van der Waals surface area contributed by atoms with Gasteiger partial charge in [0.2, 0.25) is 0 Å². The smallest absolute Gasteiger partial charge is 0.0640 e. The molecule has 0 amide bonds. The van der Waals surface area contributed by atoms with Gasteiger partial charge in [0, 0.05) is 25.8 Å². The number of nitriles is 1. The molecule has 0 radical (unpaired) electrons. The van der Waals surface area contributed by atoms with Crippen LogP contribution >= 0.6 is 0 Å². The Morgan fingerprint density at radius 2 is 1.54 bits per heavy atom. The summed E-state index contributed by atoms with van der Waals surface area (Å²) in [6, 6.07) is 30.2. The van der Waals surface area contributed by atoms with Crippen LogP contribution in [0.4, 0.5) is 5.69 Å². The molecule has 0 saturated carbocycles. The van der Waals surface area contributed by atoms with Gasteiger partial charge in [-0.25, -0.2) is 0 Å². The van der Waals surface area contributed by atoms with Crippen LogP contribution in [0.25, 0.3) is 0 Å². The number of hydrogen-bond acceptors (Lipinski definition) is 3. The predicted octanol–water partition coefficient (Wildman–Crippen LogP) is 5.22. The molecule has 0 bridgehead atoms. The minimum Gasteiger partial charge on any atom is -0.374 e. The summed E-state index contributed by atoms with van der Waals surface area (Å²) >= 11 is 0. The zero-order chi connectivity index (χ0) is 19.8. The Bertz CT molecular complexity index is 893. The monoisotopic (exact) mass is 369 g/mol. The minimum absolute atomic E-state index is 0.153. The Morgan fingerprint density at radius 3 is 2.18 bits per heavy atom. The lowest BCUT2D eigenvalue weighted by atomic mass is 9.97. The van der Waals surface area contributed by atoms with E-state index in [9.17, 15) is 0 Å². The van der Waals surface area contributed by atoms with Crippen LogP contribution in [-0.2, 0) is 6.54 Å². The molecule has 3 aromatic carbocycles. The van der Waals surface area contributed by atoms with Crippen LogP contribution in [0, 0.1) is 18.3 Å². The lowest BCUT2D eigenvalue weighted by Gasteiger charge is -2.21. The van der Waals surface area contributed by atoms with Crippen molar-refractivity contribution >= 4 is 5.69 Å². The van der Waals surface area contributed by atoms with E-state index in [0.29, 0.717) is 6.42 Å². The molecule has 1 N–H and O–H groups in total. The maximum Gasteiger partial charge on any atom is 0.0640 e. The second kappa shape index (κ2) is 9.73. The molecule has 0 aliphatic heterocycles. The molecule has 0 fully saturated rings. The Kier molecular flexibility index (Phi) is 6.84. The molecule has 3 rings (SSSR count). The van der Waals surface area contributed by atoms with E-state index >= 15 is 0 Å². The normalized spacial score (nSPS) is 11.6. The zero-order valence-electron chi connectivity index (χ0n) is 16.6. The first-order chi connectivity index (χ1) is 13.7. The van der Waals surface area contributed by atoms with Crippen molar-refractivity contribution in [3.8, 4) is 6.07 Å². The largest absolute Gasteiger partial charge is 0.374 e. The molecule has 0 aliphatic carbocycles. The number of hydrogen-bond donors (Lipinski definition) is 1. The molecule has 0 heterocycles. The first-order valence-electron chi connectivity index (χ1n) is 9.69. The number of nitrogens with one attached hydrogen (secondary N) is 1. The molecule has 28 heavy (non-hydrogen) atoms. The van der Waals surface area contributed by atoms with Gasteiger partial charge in [-0.1, -0.05) is 72.3 Å². The SMILES string of the molecule is Cc1ccc(C(NCc2ccc(N(C)CCC#N)cc2)c2ccccc2)cc1. The van der Waals surface area contributed by atoms with Crippen LogP contribution in [0.3, 0.4) is 0 Å². The third-order valence-corrected chi connectivity index (χ3v) is 4.99. The first kappa shape index (κ1) is 19.7. The predicted molar refractivity (Wildman–Crippen MR) is 116 cm³/mol. The van der Waals surface area contributed by atoms with Crippen molar-refractivity contribution in [2.75, 3.05) is 18.5 Å². The summed E-state index contributed by atoms with van der Waals surface area (Å²) in [6.07, 6.45) is 0.537. The summed E-state index contributed by atoms with van der Waals surface area (Å²) in [6.45, 7) is 3.65. The van der Waals surface area contributed by atoms with Crippen LogP contribution in [0.2, 0.25) is 0 Å². The Morgan fingerprint density at radius 1 is 0.893 bits per heavy atom. The van der Waals surface area contributed by atoms with Gasteiger partial charge in [-0.05, 0) is 35.7 Å². The van der Waals surface area contributed by atoms with Crippen LogP contribution in [0.1, 0.15) is 34.7 Å². The third-order valence-electron chi connectivity index (χ3n) is 4.99. The second-order valence-corrected chi connectivity index (χ2v) is 7.13. The third kappa shape index (κ3) is 5.22. The van der Waals surface area contributed by atoms with Gasteiger partial charge in [0.25, 0.3) is 0 Å². The van der Waals surface area contributed by atoms with E-state index in [0.717, 1.165) is 18.8 Å². The number of anilines is 1. The lowest BCUT2D eigenvalue weighted by molar-refractivity contribution is 0.605. The highest BCUT2D eigenvalue weighted by Gasteiger charge is 2.13. The standard InChI is InChI=1S/C25H27N3/c1-20-9-13-23(14-10-20)25(22-7-4-3-5-8-22)27-19-21-11-15-24(16-12-21)28(2)18-6-17-26/h3-5,7-16,25,27H,6,18-19H2,1-2H3. The second-order valence-electron chi connectivity index (χ2n) is 7.13. The molecule has 1 atom stereocenters. The highest BCUT2D eigenvalue weighted by Crippen LogP contribution is 2.23. The highest BCUT2D eigenvalue weighted by molar-refractivity contribution is 5.47. The average Bonchev–Trinajstić information content (AvgIpc) is 2.74. The summed E-state index contributed by atoms with van der Waals surface area (Å²) in [5, 5.41) is 12.5. The van der Waals surface area contributed by atoms with Crippen molar-refractivity contribution in [1.82, 2.24) is 5.32 Å².